The van der Waals surface area contributed by atoms with E-state index in [-0.39, 0.29) is 12.5 Å². The lowest BCUT2D eigenvalue weighted by molar-refractivity contribution is -0.123. The molecule has 132 valence electrons. The SMILES string of the molecule is CCOc1c(/C=N/NC(=O)COc2ccccc2C)cccc1OC. The molecule has 0 aromatic heterocycles. The zero-order chi connectivity index (χ0) is 18.1. The largest absolute Gasteiger partial charge is 0.493 e. The number of methoxy groups -OCH3 is 1. The third-order valence-electron chi connectivity index (χ3n) is 3.36. The van der Waals surface area contributed by atoms with Gasteiger partial charge in [0.15, 0.2) is 18.1 Å². The molecule has 0 bridgehead atoms. The number of rotatable bonds is 8. The molecule has 25 heavy (non-hydrogen) atoms. The van der Waals surface area contributed by atoms with Crippen LogP contribution in [-0.2, 0) is 4.79 Å². The summed E-state index contributed by atoms with van der Waals surface area (Å²) in [7, 11) is 1.57. The highest BCUT2D eigenvalue weighted by molar-refractivity contribution is 5.86. The third-order valence-corrected chi connectivity index (χ3v) is 3.36. The van der Waals surface area contributed by atoms with Crippen molar-refractivity contribution in [3.8, 4) is 17.2 Å². The Bertz CT molecular complexity index is 744. The lowest BCUT2D eigenvalue weighted by atomic mass is 10.2. The van der Waals surface area contributed by atoms with Crippen LogP contribution in [0.1, 0.15) is 18.1 Å². The van der Waals surface area contributed by atoms with Gasteiger partial charge in [0.1, 0.15) is 5.75 Å². The molecule has 6 heteroatoms. The number of carbonyl (C=O) groups excluding carboxylic acids is 1. The Morgan fingerprint density at radius 1 is 1.12 bits per heavy atom. The summed E-state index contributed by atoms with van der Waals surface area (Å²) < 4.78 is 16.3. The summed E-state index contributed by atoms with van der Waals surface area (Å²) >= 11 is 0. The van der Waals surface area contributed by atoms with Gasteiger partial charge >= 0.3 is 0 Å². The summed E-state index contributed by atoms with van der Waals surface area (Å²) in [6.45, 7) is 4.19. The molecule has 2 aromatic carbocycles. The molecule has 6 nitrogen and oxygen atoms in total. The number of benzene rings is 2. The van der Waals surface area contributed by atoms with Crippen molar-refractivity contribution in [3.63, 3.8) is 0 Å². The molecule has 0 aliphatic rings. The van der Waals surface area contributed by atoms with E-state index >= 15 is 0 Å². The fraction of sp³-hybridized carbons (Fsp3) is 0.263. The molecule has 0 atom stereocenters. The van der Waals surface area contributed by atoms with Crippen molar-refractivity contribution in [2.24, 2.45) is 5.10 Å². The minimum absolute atomic E-state index is 0.112. The van der Waals surface area contributed by atoms with Gasteiger partial charge in [0.2, 0.25) is 0 Å². The monoisotopic (exact) mass is 342 g/mol. The summed E-state index contributed by atoms with van der Waals surface area (Å²) in [5.74, 6) is 1.52. The van der Waals surface area contributed by atoms with Crippen molar-refractivity contribution in [3.05, 3.63) is 53.6 Å². The van der Waals surface area contributed by atoms with Crippen LogP contribution in [0.4, 0.5) is 0 Å². The summed E-state index contributed by atoms with van der Waals surface area (Å²) in [6.07, 6.45) is 1.51. The average molecular weight is 342 g/mol. The van der Waals surface area contributed by atoms with E-state index in [1.807, 2.05) is 50.2 Å². The lowest BCUT2D eigenvalue weighted by Crippen LogP contribution is -2.24. The van der Waals surface area contributed by atoms with Crippen LogP contribution in [0.15, 0.2) is 47.6 Å². The van der Waals surface area contributed by atoms with E-state index in [0.29, 0.717) is 29.4 Å². The number of ether oxygens (including phenoxy) is 3. The Kier molecular flexibility index (Phi) is 6.83. The highest BCUT2D eigenvalue weighted by Crippen LogP contribution is 2.29. The van der Waals surface area contributed by atoms with E-state index in [4.69, 9.17) is 14.2 Å². The minimum Gasteiger partial charge on any atom is -0.493 e. The van der Waals surface area contributed by atoms with Crippen molar-refractivity contribution < 1.29 is 19.0 Å². The summed E-state index contributed by atoms with van der Waals surface area (Å²) in [5.41, 5.74) is 4.12. The molecule has 0 unspecified atom stereocenters. The van der Waals surface area contributed by atoms with Crippen molar-refractivity contribution in [1.29, 1.82) is 0 Å². The number of hydrogen-bond acceptors (Lipinski definition) is 5. The van der Waals surface area contributed by atoms with E-state index in [0.717, 1.165) is 5.56 Å². The molecule has 1 N–H and O–H groups in total. The summed E-state index contributed by atoms with van der Waals surface area (Å²) in [4.78, 5) is 11.8. The van der Waals surface area contributed by atoms with Crippen LogP contribution < -0.4 is 19.6 Å². The molecule has 0 heterocycles. The van der Waals surface area contributed by atoms with Gasteiger partial charge in [-0.05, 0) is 37.6 Å². The second-order valence-electron chi connectivity index (χ2n) is 5.16. The highest BCUT2D eigenvalue weighted by atomic mass is 16.5. The molecular weight excluding hydrogens is 320 g/mol. The predicted molar refractivity (Wildman–Crippen MR) is 96.6 cm³/mol. The molecule has 0 aliphatic heterocycles. The first kappa shape index (κ1) is 18.3. The Hall–Kier alpha value is -3.02. The van der Waals surface area contributed by atoms with Gasteiger partial charge in [-0.25, -0.2) is 5.43 Å². The Morgan fingerprint density at radius 2 is 1.88 bits per heavy atom. The maximum absolute atomic E-state index is 11.8. The van der Waals surface area contributed by atoms with Crippen molar-refractivity contribution >= 4 is 12.1 Å². The summed E-state index contributed by atoms with van der Waals surface area (Å²) in [5, 5.41) is 3.95. The van der Waals surface area contributed by atoms with Crippen LogP contribution in [0.2, 0.25) is 0 Å². The molecule has 0 radical (unpaired) electrons. The van der Waals surface area contributed by atoms with Crippen LogP contribution in [0.5, 0.6) is 17.2 Å². The maximum Gasteiger partial charge on any atom is 0.277 e. The number of hydrazone groups is 1. The van der Waals surface area contributed by atoms with Gasteiger partial charge < -0.3 is 14.2 Å². The molecule has 0 aliphatic carbocycles. The molecule has 0 spiro atoms. The van der Waals surface area contributed by atoms with Gasteiger partial charge in [0, 0.05) is 5.56 Å². The molecule has 2 rings (SSSR count). The van der Waals surface area contributed by atoms with E-state index in [9.17, 15) is 4.79 Å². The highest BCUT2D eigenvalue weighted by Gasteiger charge is 2.08. The Morgan fingerprint density at radius 3 is 2.60 bits per heavy atom. The van der Waals surface area contributed by atoms with Crippen molar-refractivity contribution in [2.45, 2.75) is 13.8 Å². The predicted octanol–water partition coefficient (Wildman–Crippen LogP) is 2.93. The number of carbonyl (C=O) groups is 1. The number of aryl methyl sites for hydroxylation is 1. The fourth-order valence-electron chi connectivity index (χ4n) is 2.16. The van der Waals surface area contributed by atoms with Crippen LogP contribution in [0, 0.1) is 6.92 Å². The van der Waals surface area contributed by atoms with Gasteiger partial charge in [-0.15, -0.1) is 0 Å². The summed E-state index contributed by atoms with van der Waals surface area (Å²) in [6, 6.07) is 13.0. The molecule has 2 aromatic rings. The third kappa shape index (κ3) is 5.24. The fourth-order valence-corrected chi connectivity index (χ4v) is 2.16. The van der Waals surface area contributed by atoms with Gasteiger partial charge in [-0.1, -0.05) is 24.3 Å². The van der Waals surface area contributed by atoms with Crippen molar-refractivity contribution in [2.75, 3.05) is 20.3 Å². The molecule has 0 saturated heterocycles. The molecule has 1 amide bonds. The first-order chi connectivity index (χ1) is 12.2. The Labute approximate surface area is 147 Å². The lowest BCUT2D eigenvalue weighted by Gasteiger charge is -2.11. The van der Waals surface area contributed by atoms with Gasteiger partial charge in [0.05, 0.1) is 19.9 Å². The zero-order valence-corrected chi connectivity index (χ0v) is 14.6. The topological polar surface area (TPSA) is 69.2 Å². The average Bonchev–Trinajstić information content (AvgIpc) is 2.62. The minimum atomic E-state index is -0.347. The first-order valence-electron chi connectivity index (χ1n) is 7.95. The first-order valence-corrected chi connectivity index (χ1v) is 7.95. The van der Waals surface area contributed by atoms with Crippen LogP contribution in [-0.4, -0.2) is 32.4 Å². The smallest absolute Gasteiger partial charge is 0.277 e. The normalized spacial score (nSPS) is 10.5. The van der Waals surface area contributed by atoms with Crippen LogP contribution in [0.25, 0.3) is 0 Å². The number of para-hydroxylation sites is 2. The zero-order valence-electron chi connectivity index (χ0n) is 14.6. The van der Waals surface area contributed by atoms with Gasteiger partial charge in [0.25, 0.3) is 5.91 Å². The van der Waals surface area contributed by atoms with Crippen LogP contribution >= 0.6 is 0 Å². The van der Waals surface area contributed by atoms with Gasteiger partial charge in [-0.2, -0.15) is 5.10 Å². The van der Waals surface area contributed by atoms with E-state index < -0.39 is 0 Å². The number of hydrogen-bond donors (Lipinski definition) is 1. The molecule has 0 fully saturated rings. The second-order valence-corrected chi connectivity index (χ2v) is 5.16. The van der Waals surface area contributed by atoms with E-state index in [1.54, 1.807) is 13.2 Å². The van der Waals surface area contributed by atoms with Gasteiger partial charge in [-0.3, -0.25) is 4.79 Å². The number of nitrogens with one attached hydrogen (secondary N) is 1. The molecule has 0 saturated carbocycles. The van der Waals surface area contributed by atoms with E-state index in [2.05, 4.69) is 10.5 Å². The number of amides is 1. The molecular formula is C19H22N2O4. The van der Waals surface area contributed by atoms with E-state index in [1.165, 1.54) is 6.21 Å². The van der Waals surface area contributed by atoms with Crippen molar-refractivity contribution in [1.82, 2.24) is 5.43 Å². The Balaban J connectivity index is 1.94. The second kappa shape index (κ2) is 9.32. The van der Waals surface area contributed by atoms with Crippen LogP contribution in [0.3, 0.4) is 0 Å². The quantitative estimate of drug-likeness (QED) is 0.591. The number of nitrogens with zero attached hydrogens (tertiary/aromatic N) is 1. The maximum atomic E-state index is 11.8. The standard InChI is InChI=1S/C19H22N2O4/c1-4-24-19-15(9-7-11-17(19)23-3)12-20-21-18(22)13-25-16-10-6-5-8-14(16)2/h5-12H,4,13H2,1-3H3,(H,21,22)/b20-12+.